The van der Waals surface area contributed by atoms with E-state index < -0.39 is 10.1 Å². The molecule has 0 bridgehead atoms. The Kier molecular flexibility index (Phi) is 13.9. The molecule has 2 aliphatic heterocycles. The molecule has 0 unspecified atom stereocenters. The van der Waals surface area contributed by atoms with Crippen molar-refractivity contribution in [3.8, 4) is 0 Å². The van der Waals surface area contributed by atoms with Crippen LogP contribution in [0, 0.1) is 6.92 Å². The molecule has 0 saturated heterocycles. The maximum atomic E-state index is 10.4. The van der Waals surface area contributed by atoms with E-state index in [1.165, 1.54) is 110 Å². The highest BCUT2D eigenvalue weighted by atomic mass is 32.2. The van der Waals surface area contributed by atoms with E-state index in [1.54, 1.807) is 12.1 Å². The molecule has 50 heavy (non-hydrogen) atoms. The number of fused-ring (bicyclic) bond motifs is 2. The van der Waals surface area contributed by atoms with Gasteiger partial charge < -0.3 is 9.45 Å². The van der Waals surface area contributed by atoms with E-state index in [9.17, 15) is 13.0 Å². The minimum absolute atomic E-state index is 0.00212. The third-order valence-corrected chi connectivity index (χ3v) is 11.2. The van der Waals surface area contributed by atoms with Gasteiger partial charge in [0, 0.05) is 47.5 Å². The fourth-order valence-electron chi connectivity index (χ4n) is 7.45. The normalized spacial score (nSPS) is 16.9. The number of allylic oxidation sites excluding steroid dienone is 4. The zero-order valence-corrected chi connectivity index (χ0v) is 32.5. The van der Waals surface area contributed by atoms with Crippen LogP contribution in [0.15, 0.2) is 102 Å². The molecule has 0 radical (unpaired) electrons. The van der Waals surface area contributed by atoms with Gasteiger partial charge in [-0.3, -0.25) is 0 Å². The highest BCUT2D eigenvalue weighted by molar-refractivity contribution is 7.85. The molecular weight excluding hydrogens is 637 g/mol. The van der Waals surface area contributed by atoms with E-state index >= 15 is 0 Å². The average Bonchev–Trinajstić information content (AvgIpc) is 3.43. The van der Waals surface area contributed by atoms with Gasteiger partial charge in [-0.1, -0.05) is 133 Å². The summed E-state index contributed by atoms with van der Waals surface area (Å²) >= 11 is 0. The van der Waals surface area contributed by atoms with Crippen LogP contribution < -0.4 is 4.90 Å². The largest absolute Gasteiger partial charge is 0.744 e. The number of hydrogen-bond acceptors (Lipinski definition) is 4. The van der Waals surface area contributed by atoms with Crippen molar-refractivity contribution in [2.75, 3.05) is 18.0 Å². The topological polar surface area (TPSA) is 63.5 Å². The van der Waals surface area contributed by atoms with Gasteiger partial charge in [0.05, 0.1) is 10.3 Å². The lowest BCUT2D eigenvalue weighted by Gasteiger charge is -2.27. The quantitative estimate of drug-likeness (QED) is 0.0901. The first kappa shape index (κ1) is 39.3. The third-order valence-electron chi connectivity index (χ3n) is 10.4. The van der Waals surface area contributed by atoms with Crippen LogP contribution in [0.5, 0.6) is 0 Å². The fraction of sp³-hybridized carbons (Fsp3) is 0.477. The summed E-state index contributed by atoms with van der Waals surface area (Å²) in [5.74, 6) is 0. The van der Waals surface area contributed by atoms with Crippen molar-refractivity contribution >= 4 is 27.2 Å². The predicted molar refractivity (Wildman–Crippen MR) is 210 cm³/mol. The molecule has 0 atom stereocenters. The van der Waals surface area contributed by atoms with Crippen LogP contribution in [0.2, 0.25) is 0 Å². The van der Waals surface area contributed by atoms with E-state index in [0.29, 0.717) is 0 Å². The Bertz CT molecular complexity index is 1760. The highest BCUT2D eigenvalue weighted by Crippen LogP contribution is 2.48. The second-order valence-electron chi connectivity index (χ2n) is 15.0. The van der Waals surface area contributed by atoms with E-state index in [4.69, 9.17) is 0 Å². The van der Waals surface area contributed by atoms with Crippen molar-refractivity contribution in [2.24, 2.45) is 0 Å². The summed E-state index contributed by atoms with van der Waals surface area (Å²) in [6.45, 7) is 18.2. The Labute approximate surface area is 303 Å². The van der Waals surface area contributed by atoms with Crippen molar-refractivity contribution in [1.82, 2.24) is 0 Å². The van der Waals surface area contributed by atoms with Gasteiger partial charge in [0.1, 0.15) is 16.7 Å². The van der Waals surface area contributed by atoms with E-state index in [1.807, 2.05) is 6.92 Å². The molecule has 2 aliphatic rings. The van der Waals surface area contributed by atoms with Gasteiger partial charge >= 0.3 is 0 Å². The molecule has 0 spiro atoms. The number of anilines is 1. The van der Waals surface area contributed by atoms with Crippen molar-refractivity contribution in [2.45, 2.75) is 128 Å². The molecule has 6 heteroatoms. The summed E-state index contributed by atoms with van der Waals surface area (Å²) in [6.07, 6.45) is 20.3. The molecular formula is C44H60N2O3S. The lowest BCUT2D eigenvalue weighted by molar-refractivity contribution is -0.438. The molecule has 3 aromatic rings. The Morgan fingerprint density at radius 3 is 1.94 bits per heavy atom. The zero-order chi connectivity index (χ0) is 36.4. The first-order chi connectivity index (χ1) is 23.8. The maximum Gasteiger partial charge on any atom is 0.209 e. The van der Waals surface area contributed by atoms with Crippen LogP contribution in [-0.2, 0) is 20.9 Å². The van der Waals surface area contributed by atoms with E-state index in [2.05, 4.69) is 118 Å². The standard InChI is InChI=1S/C37H53N2.C7H8O3S/c1-7-9-11-13-19-28-38-32-24-17-15-22-30(32)36(3,4)34(38)26-21-27-35-37(5,6)31-23-16-18-25-33(31)39(35)29-20-14-12-10-8-2;1-6-2-4-7(5-3-6)11(8,9)10/h15-18,21-27H,7-14,19-20,28-29H2,1-6H3;2-5H,1H3,(H,8,9,10)/q+1;/p-1. The van der Waals surface area contributed by atoms with Crippen LogP contribution in [0.3, 0.4) is 0 Å². The minimum atomic E-state index is -4.27. The van der Waals surface area contributed by atoms with E-state index in [-0.39, 0.29) is 15.7 Å². The Balaban J connectivity index is 0.000000435. The van der Waals surface area contributed by atoms with E-state index in [0.717, 1.165) is 18.7 Å². The molecule has 0 aliphatic carbocycles. The van der Waals surface area contributed by atoms with Crippen molar-refractivity contribution in [1.29, 1.82) is 0 Å². The minimum Gasteiger partial charge on any atom is -0.744 e. The van der Waals surface area contributed by atoms with Gasteiger partial charge in [-0.05, 0) is 63.5 Å². The zero-order valence-electron chi connectivity index (χ0n) is 31.7. The van der Waals surface area contributed by atoms with Crippen molar-refractivity contribution in [3.63, 3.8) is 0 Å². The molecule has 270 valence electrons. The van der Waals surface area contributed by atoms with Crippen LogP contribution >= 0.6 is 0 Å². The van der Waals surface area contributed by atoms with Gasteiger partial charge in [0.15, 0.2) is 5.71 Å². The molecule has 0 N–H and O–H groups in total. The summed E-state index contributed by atoms with van der Waals surface area (Å²) in [5, 5.41) is 0. The Morgan fingerprint density at radius 2 is 1.30 bits per heavy atom. The number of nitrogens with zero attached hydrogens (tertiary/aromatic N) is 2. The molecule has 5 nitrogen and oxygen atoms in total. The Hall–Kier alpha value is -3.48. The number of aryl methyl sites for hydroxylation is 1. The summed E-state index contributed by atoms with van der Waals surface area (Å²) in [4.78, 5) is 2.43. The lowest BCUT2D eigenvalue weighted by atomic mass is 9.81. The fourth-order valence-corrected chi connectivity index (χ4v) is 7.92. The predicted octanol–water partition coefficient (Wildman–Crippen LogP) is 11.1. The SMILES string of the molecule is CCCCCCCN1C(=CC=CC2=[N+](CCCCCCC)c3ccccc3C2(C)C)C(C)(C)c2ccccc21.Cc1ccc(S(=O)(=O)[O-])cc1. The maximum absolute atomic E-state index is 10.4. The molecule has 2 heterocycles. The first-order valence-corrected chi connectivity index (χ1v) is 20.3. The van der Waals surface area contributed by atoms with Gasteiger partial charge in [-0.15, -0.1) is 0 Å². The number of unbranched alkanes of at least 4 members (excludes halogenated alkanes) is 8. The average molecular weight is 697 g/mol. The summed E-state index contributed by atoms with van der Waals surface area (Å²) in [6, 6.07) is 23.9. The molecule has 3 aromatic carbocycles. The monoisotopic (exact) mass is 696 g/mol. The smallest absolute Gasteiger partial charge is 0.209 e. The molecule has 5 rings (SSSR count). The number of benzene rings is 3. The van der Waals surface area contributed by atoms with Gasteiger partial charge in [-0.25, -0.2) is 8.42 Å². The van der Waals surface area contributed by atoms with Crippen LogP contribution in [-0.4, -0.2) is 36.3 Å². The highest BCUT2D eigenvalue weighted by Gasteiger charge is 2.44. The van der Waals surface area contributed by atoms with Crippen molar-refractivity contribution in [3.05, 3.63) is 113 Å². The number of para-hydroxylation sites is 2. The van der Waals surface area contributed by atoms with Gasteiger partial charge in [0.25, 0.3) is 0 Å². The second kappa shape index (κ2) is 17.6. The lowest BCUT2D eigenvalue weighted by Crippen LogP contribution is -2.28. The first-order valence-electron chi connectivity index (χ1n) is 18.9. The third kappa shape index (κ3) is 9.44. The van der Waals surface area contributed by atoms with Crippen LogP contribution in [0.25, 0.3) is 0 Å². The number of rotatable bonds is 15. The Morgan fingerprint density at radius 1 is 0.720 bits per heavy atom. The molecule has 0 aromatic heterocycles. The molecule has 0 amide bonds. The molecule has 0 saturated carbocycles. The van der Waals surface area contributed by atoms with Gasteiger partial charge in [-0.2, -0.15) is 4.58 Å². The van der Waals surface area contributed by atoms with Crippen LogP contribution in [0.4, 0.5) is 11.4 Å². The summed E-state index contributed by atoms with van der Waals surface area (Å²) < 4.78 is 33.8. The number of hydrogen-bond donors (Lipinski definition) is 0. The summed E-state index contributed by atoms with van der Waals surface area (Å²) in [5.41, 5.74) is 9.48. The van der Waals surface area contributed by atoms with Crippen LogP contribution in [0.1, 0.15) is 122 Å². The molecule has 0 fully saturated rings. The van der Waals surface area contributed by atoms with Crippen molar-refractivity contribution < 1.29 is 17.5 Å². The summed E-state index contributed by atoms with van der Waals surface area (Å²) in [7, 11) is -4.27. The van der Waals surface area contributed by atoms with Gasteiger partial charge in [0.2, 0.25) is 5.69 Å². The second-order valence-corrected chi connectivity index (χ2v) is 16.4.